The highest BCUT2D eigenvalue weighted by molar-refractivity contribution is 5.88. The summed E-state index contributed by atoms with van der Waals surface area (Å²) in [6.07, 6.45) is 2.60. The molecule has 2 N–H and O–H groups in total. The monoisotopic (exact) mass is 395 g/mol. The molecule has 1 aliphatic rings. The zero-order valence-corrected chi connectivity index (χ0v) is 17.1. The molecule has 0 spiro atoms. The van der Waals surface area contributed by atoms with Gasteiger partial charge in [-0.1, -0.05) is 24.3 Å². The van der Waals surface area contributed by atoms with Crippen molar-refractivity contribution in [1.29, 1.82) is 0 Å². The molecule has 2 aromatic rings. The zero-order chi connectivity index (χ0) is 20.6. The SMILES string of the molecule is CC(=O)N1CCN(CCc2cccc(CNC(=O)Nc3ccc(C)nc3)c2)CC1. The van der Waals surface area contributed by atoms with Crippen LogP contribution in [-0.2, 0) is 17.8 Å². The van der Waals surface area contributed by atoms with Gasteiger partial charge in [-0.2, -0.15) is 0 Å². The van der Waals surface area contributed by atoms with Gasteiger partial charge >= 0.3 is 6.03 Å². The van der Waals surface area contributed by atoms with Crippen LogP contribution in [0.2, 0.25) is 0 Å². The van der Waals surface area contributed by atoms with Gasteiger partial charge in [0.05, 0.1) is 11.9 Å². The molecule has 1 fully saturated rings. The second-order valence-corrected chi connectivity index (χ2v) is 7.41. The number of nitrogens with one attached hydrogen (secondary N) is 2. The summed E-state index contributed by atoms with van der Waals surface area (Å²) in [4.78, 5) is 32.0. The predicted octanol–water partition coefficient (Wildman–Crippen LogP) is 2.42. The molecular formula is C22H29N5O2. The molecule has 3 amide bonds. The van der Waals surface area contributed by atoms with Crippen LogP contribution in [0.4, 0.5) is 10.5 Å². The summed E-state index contributed by atoms with van der Waals surface area (Å²) in [7, 11) is 0. The second-order valence-electron chi connectivity index (χ2n) is 7.41. The first-order chi connectivity index (χ1) is 14.0. The Morgan fingerprint density at radius 1 is 1.07 bits per heavy atom. The summed E-state index contributed by atoms with van der Waals surface area (Å²) in [5, 5.41) is 5.67. The average molecular weight is 396 g/mol. The van der Waals surface area contributed by atoms with Gasteiger partial charge in [0.2, 0.25) is 5.91 Å². The summed E-state index contributed by atoms with van der Waals surface area (Å²) in [6, 6.07) is 11.7. The minimum atomic E-state index is -0.246. The van der Waals surface area contributed by atoms with E-state index < -0.39 is 0 Å². The number of rotatable bonds is 6. The van der Waals surface area contributed by atoms with E-state index in [1.165, 1.54) is 5.56 Å². The molecule has 1 saturated heterocycles. The van der Waals surface area contributed by atoms with Crippen molar-refractivity contribution in [3.8, 4) is 0 Å². The van der Waals surface area contributed by atoms with Gasteiger partial charge in [-0.25, -0.2) is 4.79 Å². The van der Waals surface area contributed by atoms with Gasteiger partial charge in [-0.15, -0.1) is 0 Å². The number of carbonyl (C=O) groups is 2. The van der Waals surface area contributed by atoms with Crippen molar-refractivity contribution in [2.75, 3.05) is 38.0 Å². The van der Waals surface area contributed by atoms with E-state index in [2.05, 4.69) is 32.7 Å². The van der Waals surface area contributed by atoms with E-state index in [0.29, 0.717) is 12.2 Å². The molecule has 154 valence electrons. The molecule has 3 rings (SSSR count). The highest BCUT2D eigenvalue weighted by Crippen LogP contribution is 2.09. The molecular weight excluding hydrogens is 366 g/mol. The van der Waals surface area contributed by atoms with Crippen LogP contribution in [0.3, 0.4) is 0 Å². The fourth-order valence-electron chi connectivity index (χ4n) is 3.37. The number of hydrogen-bond donors (Lipinski definition) is 2. The Morgan fingerprint density at radius 2 is 1.83 bits per heavy atom. The maximum atomic E-state index is 12.1. The first kappa shape index (κ1) is 20.8. The van der Waals surface area contributed by atoms with Gasteiger partial charge in [0.25, 0.3) is 0 Å². The number of benzene rings is 1. The van der Waals surface area contributed by atoms with Gasteiger partial charge in [0.1, 0.15) is 0 Å². The highest BCUT2D eigenvalue weighted by Gasteiger charge is 2.18. The van der Waals surface area contributed by atoms with Crippen molar-refractivity contribution in [2.45, 2.75) is 26.8 Å². The predicted molar refractivity (Wildman–Crippen MR) is 114 cm³/mol. The third kappa shape index (κ3) is 6.57. The maximum Gasteiger partial charge on any atom is 0.319 e. The zero-order valence-electron chi connectivity index (χ0n) is 17.1. The van der Waals surface area contributed by atoms with Gasteiger partial charge < -0.3 is 15.5 Å². The lowest BCUT2D eigenvalue weighted by molar-refractivity contribution is -0.130. The lowest BCUT2D eigenvalue weighted by Gasteiger charge is -2.34. The van der Waals surface area contributed by atoms with Gasteiger partial charge in [0.15, 0.2) is 0 Å². The molecule has 0 atom stereocenters. The van der Waals surface area contributed by atoms with E-state index in [-0.39, 0.29) is 11.9 Å². The lowest BCUT2D eigenvalue weighted by atomic mass is 10.1. The molecule has 0 radical (unpaired) electrons. The van der Waals surface area contributed by atoms with Crippen LogP contribution in [-0.4, -0.2) is 59.4 Å². The van der Waals surface area contributed by atoms with Crippen molar-refractivity contribution in [3.05, 3.63) is 59.4 Å². The Balaban J connectivity index is 1.43. The fraction of sp³-hybridized carbons (Fsp3) is 0.409. The number of carbonyl (C=O) groups excluding carboxylic acids is 2. The first-order valence-corrected chi connectivity index (χ1v) is 10.0. The molecule has 0 bridgehead atoms. The number of aryl methyl sites for hydroxylation is 1. The molecule has 1 aliphatic heterocycles. The smallest absolute Gasteiger partial charge is 0.319 e. The lowest BCUT2D eigenvalue weighted by Crippen LogP contribution is -2.48. The maximum absolute atomic E-state index is 12.1. The Morgan fingerprint density at radius 3 is 2.52 bits per heavy atom. The Kier molecular flexibility index (Phi) is 7.19. The number of piperazine rings is 1. The Bertz CT molecular complexity index is 829. The van der Waals surface area contributed by atoms with Crippen LogP contribution >= 0.6 is 0 Å². The van der Waals surface area contributed by atoms with E-state index in [1.807, 2.05) is 36.1 Å². The molecule has 0 unspecified atom stereocenters. The van der Waals surface area contributed by atoms with E-state index in [1.54, 1.807) is 13.1 Å². The van der Waals surface area contributed by atoms with Crippen LogP contribution < -0.4 is 10.6 Å². The van der Waals surface area contributed by atoms with Crippen molar-refractivity contribution < 1.29 is 9.59 Å². The number of amides is 3. The summed E-state index contributed by atoms with van der Waals surface area (Å²) in [5.41, 5.74) is 3.91. The van der Waals surface area contributed by atoms with E-state index >= 15 is 0 Å². The molecule has 1 aromatic heterocycles. The van der Waals surface area contributed by atoms with Crippen LogP contribution in [0.15, 0.2) is 42.6 Å². The van der Waals surface area contributed by atoms with Crippen molar-refractivity contribution >= 4 is 17.6 Å². The second kappa shape index (κ2) is 10.0. The number of hydrogen-bond acceptors (Lipinski definition) is 4. The quantitative estimate of drug-likeness (QED) is 0.788. The summed E-state index contributed by atoms with van der Waals surface area (Å²) in [6.45, 7) is 8.45. The Labute approximate surface area is 172 Å². The topological polar surface area (TPSA) is 77.6 Å². The normalized spacial score (nSPS) is 14.5. The molecule has 7 nitrogen and oxygen atoms in total. The summed E-state index contributed by atoms with van der Waals surface area (Å²) in [5.74, 6) is 0.160. The number of nitrogens with zero attached hydrogens (tertiary/aromatic N) is 3. The Hall–Kier alpha value is -2.93. The third-order valence-electron chi connectivity index (χ3n) is 5.15. The largest absolute Gasteiger partial charge is 0.340 e. The minimum Gasteiger partial charge on any atom is -0.340 e. The van der Waals surface area contributed by atoms with E-state index in [4.69, 9.17) is 0 Å². The van der Waals surface area contributed by atoms with E-state index in [0.717, 1.165) is 50.4 Å². The fourth-order valence-corrected chi connectivity index (χ4v) is 3.37. The van der Waals surface area contributed by atoms with Gasteiger partial charge in [-0.3, -0.25) is 14.7 Å². The first-order valence-electron chi connectivity index (χ1n) is 10.0. The molecule has 2 heterocycles. The third-order valence-corrected chi connectivity index (χ3v) is 5.15. The van der Waals surface area contributed by atoms with Crippen molar-refractivity contribution in [2.24, 2.45) is 0 Å². The highest BCUT2D eigenvalue weighted by atomic mass is 16.2. The number of urea groups is 1. The minimum absolute atomic E-state index is 0.160. The summed E-state index contributed by atoms with van der Waals surface area (Å²) < 4.78 is 0. The van der Waals surface area contributed by atoms with Crippen LogP contribution in [0.1, 0.15) is 23.7 Å². The van der Waals surface area contributed by atoms with E-state index in [9.17, 15) is 9.59 Å². The number of anilines is 1. The molecule has 7 heteroatoms. The summed E-state index contributed by atoms with van der Waals surface area (Å²) >= 11 is 0. The van der Waals surface area contributed by atoms with Gasteiger partial charge in [-0.05, 0) is 36.6 Å². The molecule has 29 heavy (non-hydrogen) atoms. The van der Waals surface area contributed by atoms with Crippen molar-refractivity contribution in [1.82, 2.24) is 20.1 Å². The van der Waals surface area contributed by atoms with Crippen LogP contribution in [0.25, 0.3) is 0 Å². The standard InChI is InChI=1S/C22H29N5O2/c1-17-6-7-21(16-23-17)25-22(29)24-15-20-5-3-4-19(14-20)8-9-26-10-12-27(13-11-26)18(2)28/h3-7,14,16H,8-13,15H2,1-2H3,(H2,24,25,29). The average Bonchev–Trinajstić information content (AvgIpc) is 2.73. The molecule has 1 aromatic carbocycles. The number of pyridine rings is 1. The van der Waals surface area contributed by atoms with Crippen molar-refractivity contribution in [3.63, 3.8) is 0 Å². The number of aromatic nitrogens is 1. The van der Waals surface area contributed by atoms with Crippen LogP contribution in [0.5, 0.6) is 0 Å². The molecule has 0 saturated carbocycles. The van der Waals surface area contributed by atoms with Crippen LogP contribution in [0, 0.1) is 6.92 Å². The molecule has 0 aliphatic carbocycles. The van der Waals surface area contributed by atoms with Gasteiger partial charge in [0, 0.05) is 51.9 Å².